The molecule has 5 rings (SSSR count). The molecular formula is C32H47N3O. The zero-order valence-corrected chi connectivity index (χ0v) is 22.5. The predicted octanol–water partition coefficient (Wildman–Crippen LogP) is 6.86. The fourth-order valence-electron chi connectivity index (χ4n) is 6.80. The number of piperidine rings is 1. The van der Waals surface area contributed by atoms with E-state index in [1.54, 1.807) is 0 Å². The summed E-state index contributed by atoms with van der Waals surface area (Å²) in [6.07, 6.45) is 13.9. The Morgan fingerprint density at radius 1 is 0.917 bits per heavy atom. The number of nitrogens with one attached hydrogen (secondary N) is 1. The minimum absolute atomic E-state index is 0.363. The number of likely N-dealkylation sites (tertiary alicyclic amines) is 1. The molecule has 1 saturated carbocycles. The van der Waals surface area contributed by atoms with Gasteiger partial charge in [-0.1, -0.05) is 75.8 Å². The lowest BCUT2D eigenvalue weighted by Gasteiger charge is -2.54. The van der Waals surface area contributed by atoms with Gasteiger partial charge in [-0.15, -0.1) is 0 Å². The molecule has 3 fully saturated rings. The van der Waals surface area contributed by atoms with Crippen molar-refractivity contribution in [1.82, 2.24) is 15.1 Å². The number of ether oxygens (including phenoxy) is 1. The SMILES string of the molecule is CCCCN1C[C@H](CC2CCCCC2)NCC12CCN(Cc1ccc(Oc3ccccc3)cc1)CC2. The van der Waals surface area contributed by atoms with E-state index in [1.165, 1.54) is 102 Å². The molecular weight excluding hydrogens is 442 g/mol. The molecule has 2 aromatic carbocycles. The molecule has 0 unspecified atom stereocenters. The van der Waals surface area contributed by atoms with Crippen LogP contribution in [0.3, 0.4) is 0 Å². The van der Waals surface area contributed by atoms with Gasteiger partial charge in [-0.05, 0) is 68.0 Å². The summed E-state index contributed by atoms with van der Waals surface area (Å²) in [6.45, 7) is 9.50. The smallest absolute Gasteiger partial charge is 0.127 e. The molecule has 4 heteroatoms. The number of nitrogens with zero attached hydrogens (tertiary/aromatic N) is 2. The monoisotopic (exact) mass is 489 g/mol. The Bertz CT molecular complexity index is 901. The Labute approximate surface area is 219 Å². The molecule has 196 valence electrons. The van der Waals surface area contributed by atoms with Crippen LogP contribution in [-0.2, 0) is 6.54 Å². The Kier molecular flexibility index (Phi) is 9.00. The number of para-hydroxylation sites is 1. The summed E-state index contributed by atoms with van der Waals surface area (Å²) in [5.41, 5.74) is 1.74. The van der Waals surface area contributed by atoms with E-state index in [0.717, 1.165) is 24.0 Å². The number of piperazine rings is 1. The van der Waals surface area contributed by atoms with Crippen LogP contribution in [0.2, 0.25) is 0 Å². The Morgan fingerprint density at radius 3 is 2.36 bits per heavy atom. The number of unbranched alkanes of at least 4 members (excludes halogenated alkanes) is 1. The van der Waals surface area contributed by atoms with Crippen molar-refractivity contribution in [2.75, 3.05) is 32.7 Å². The minimum atomic E-state index is 0.363. The van der Waals surface area contributed by atoms with Gasteiger partial charge >= 0.3 is 0 Å². The van der Waals surface area contributed by atoms with Crippen LogP contribution in [0.4, 0.5) is 0 Å². The van der Waals surface area contributed by atoms with E-state index < -0.39 is 0 Å². The van der Waals surface area contributed by atoms with Crippen LogP contribution in [0, 0.1) is 5.92 Å². The largest absolute Gasteiger partial charge is 0.457 e. The molecule has 0 amide bonds. The molecule has 1 spiro atoms. The lowest BCUT2D eigenvalue weighted by molar-refractivity contribution is -0.0171. The first-order valence-corrected chi connectivity index (χ1v) is 14.7. The van der Waals surface area contributed by atoms with Crippen molar-refractivity contribution in [2.24, 2.45) is 5.92 Å². The molecule has 2 aliphatic heterocycles. The molecule has 1 atom stereocenters. The highest BCUT2D eigenvalue weighted by atomic mass is 16.5. The quantitative estimate of drug-likeness (QED) is 0.416. The maximum absolute atomic E-state index is 5.97. The zero-order chi connectivity index (χ0) is 24.6. The minimum Gasteiger partial charge on any atom is -0.457 e. The summed E-state index contributed by atoms with van der Waals surface area (Å²) in [4.78, 5) is 5.58. The lowest BCUT2D eigenvalue weighted by atomic mass is 9.80. The van der Waals surface area contributed by atoms with Crippen LogP contribution in [0.5, 0.6) is 11.5 Å². The second kappa shape index (κ2) is 12.6. The Morgan fingerprint density at radius 2 is 1.64 bits per heavy atom. The maximum atomic E-state index is 5.97. The van der Waals surface area contributed by atoms with Crippen LogP contribution in [0.15, 0.2) is 54.6 Å². The Hall–Kier alpha value is -1.88. The van der Waals surface area contributed by atoms with E-state index >= 15 is 0 Å². The van der Waals surface area contributed by atoms with Gasteiger partial charge in [0.25, 0.3) is 0 Å². The van der Waals surface area contributed by atoms with Crippen molar-refractivity contribution in [3.05, 3.63) is 60.2 Å². The highest BCUT2D eigenvalue weighted by Crippen LogP contribution is 2.35. The number of hydrogen-bond acceptors (Lipinski definition) is 4. The van der Waals surface area contributed by atoms with E-state index in [0.29, 0.717) is 11.6 Å². The van der Waals surface area contributed by atoms with Gasteiger partial charge in [0, 0.05) is 44.3 Å². The van der Waals surface area contributed by atoms with E-state index in [-0.39, 0.29) is 0 Å². The number of benzene rings is 2. The highest BCUT2D eigenvalue weighted by Gasteiger charge is 2.43. The van der Waals surface area contributed by atoms with Crippen LogP contribution in [0.1, 0.15) is 76.7 Å². The lowest BCUT2D eigenvalue weighted by Crippen LogP contribution is -2.67. The van der Waals surface area contributed by atoms with Crippen molar-refractivity contribution < 1.29 is 4.74 Å². The Balaban J connectivity index is 1.13. The van der Waals surface area contributed by atoms with Crippen LogP contribution in [0.25, 0.3) is 0 Å². The molecule has 0 bridgehead atoms. The van der Waals surface area contributed by atoms with Gasteiger partial charge in [0.1, 0.15) is 11.5 Å². The molecule has 2 aromatic rings. The topological polar surface area (TPSA) is 27.7 Å². The number of hydrogen-bond donors (Lipinski definition) is 1. The molecule has 0 radical (unpaired) electrons. The van der Waals surface area contributed by atoms with Gasteiger partial charge in [0.15, 0.2) is 0 Å². The summed E-state index contributed by atoms with van der Waals surface area (Å²) in [5.74, 6) is 2.76. The average molecular weight is 490 g/mol. The average Bonchev–Trinajstić information content (AvgIpc) is 2.93. The maximum Gasteiger partial charge on any atom is 0.127 e. The molecule has 0 aromatic heterocycles. The normalized spacial score (nSPS) is 23.6. The molecule has 36 heavy (non-hydrogen) atoms. The third kappa shape index (κ3) is 6.70. The summed E-state index contributed by atoms with van der Waals surface area (Å²) < 4.78 is 5.97. The molecule has 1 aliphatic carbocycles. The van der Waals surface area contributed by atoms with Crippen molar-refractivity contribution in [1.29, 1.82) is 0 Å². The van der Waals surface area contributed by atoms with Gasteiger partial charge in [0.2, 0.25) is 0 Å². The standard InChI is InChI=1S/C32H47N3O/c1-2-3-20-35-25-29(23-27-10-6-4-7-11-27)33-26-32(35)18-21-34(22-19-32)24-28-14-16-31(17-15-28)36-30-12-8-5-9-13-30/h5,8-9,12-17,27,29,33H,2-4,6-7,10-11,18-26H2,1H3/t29-/m0/s1. The van der Waals surface area contributed by atoms with Gasteiger partial charge in [0.05, 0.1) is 0 Å². The van der Waals surface area contributed by atoms with Gasteiger partial charge in [-0.3, -0.25) is 9.80 Å². The summed E-state index contributed by atoms with van der Waals surface area (Å²) in [7, 11) is 0. The first-order chi connectivity index (χ1) is 17.7. The zero-order valence-electron chi connectivity index (χ0n) is 22.5. The van der Waals surface area contributed by atoms with Crippen LogP contribution >= 0.6 is 0 Å². The van der Waals surface area contributed by atoms with E-state index in [4.69, 9.17) is 4.74 Å². The van der Waals surface area contributed by atoms with Crippen molar-refractivity contribution in [3.63, 3.8) is 0 Å². The summed E-state index contributed by atoms with van der Waals surface area (Å²) >= 11 is 0. The first-order valence-electron chi connectivity index (χ1n) is 14.7. The second-order valence-electron chi connectivity index (χ2n) is 11.7. The molecule has 2 saturated heterocycles. The van der Waals surface area contributed by atoms with Crippen LogP contribution in [-0.4, -0.2) is 54.1 Å². The molecule has 1 N–H and O–H groups in total. The van der Waals surface area contributed by atoms with Gasteiger partial charge in [-0.25, -0.2) is 0 Å². The highest BCUT2D eigenvalue weighted by molar-refractivity contribution is 5.33. The van der Waals surface area contributed by atoms with Crippen molar-refractivity contribution in [3.8, 4) is 11.5 Å². The summed E-state index contributed by atoms with van der Waals surface area (Å²) in [5, 5.41) is 4.05. The fourth-order valence-corrected chi connectivity index (χ4v) is 6.80. The van der Waals surface area contributed by atoms with E-state index in [9.17, 15) is 0 Å². The van der Waals surface area contributed by atoms with E-state index in [2.05, 4.69) is 46.3 Å². The third-order valence-electron chi connectivity index (χ3n) is 9.05. The molecule has 4 nitrogen and oxygen atoms in total. The van der Waals surface area contributed by atoms with Gasteiger partial charge in [-0.2, -0.15) is 0 Å². The third-order valence-corrected chi connectivity index (χ3v) is 9.05. The van der Waals surface area contributed by atoms with Crippen molar-refractivity contribution in [2.45, 2.75) is 89.3 Å². The summed E-state index contributed by atoms with van der Waals surface area (Å²) in [6, 6.07) is 19.4. The predicted molar refractivity (Wildman–Crippen MR) is 150 cm³/mol. The van der Waals surface area contributed by atoms with Gasteiger partial charge < -0.3 is 10.1 Å². The number of rotatable bonds is 9. The molecule has 3 aliphatic rings. The van der Waals surface area contributed by atoms with Crippen LogP contribution < -0.4 is 10.1 Å². The van der Waals surface area contributed by atoms with E-state index in [1.807, 2.05) is 30.3 Å². The molecule has 2 heterocycles. The second-order valence-corrected chi connectivity index (χ2v) is 11.7. The van der Waals surface area contributed by atoms with Crippen molar-refractivity contribution >= 4 is 0 Å². The fraction of sp³-hybridized carbons (Fsp3) is 0.625. The first kappa shape index (κ1) is 25.8.